The second-order valence-corrected chi connectivity index (χ2v) is 22.9. The first kappa shape index (κ1) is 62.5. The molecule has 0 aliphatic heterocycles. The number of allylic oxidation sites excluding steroid dienone is 7. The number of hydrogen-bond donors (Lipinski definition) is 2. The summed E-state index contributed by atoms with van der Waals surface area (Å²) >= 11 is 0. The zero-order valence-electron chi connectivity index (χ0n) is 49.8. The molecule has 0 radical (unpaired) electrons. The first-order chi connectivity index (χ1) is 38.0. The molecule has 3 aliphatic carbocycles. The van der Waals surface area contributed by atoms with E-state index in [0.717, 1.165) is 178 Å². The summed E-state index contributed by atoms with van der Waals surface area (Å²) in [5.41, 5.74) is 11.5. The molecule has 0 spiro atoms. The maximum Gasteiger partial charge on any atom is 0.511 e. The van der Waals surface area contributed by atoms with E-state index in [1.165, 1.54) is 11.1 Å². The van der Waals surface area contributed by atoms with E-state index in [-0.39, 0.29) is 61.3 Å². The van der Waals surface area contributed by atoms with Crippen LogP contribution in [0, 0.1) is 11.8 Å². The fourth-order valence-corrected chi connectivity index (χ4v) is 11.9. The van der Waals surface area contributed by atoms with E-state index in [0.29, 0.717) is 23.9 Å². The minimum Gasteiger partial charge on any atom is -0.507 e. The van der Waals surface area contributed by atoms with E-state index in [2.05, 4.69) is 83.7 Å². The standard InChI is InChI=1S/C68H96O11/c1-13-17-19-24-50-36-58(69)65(62(40-50)76-43-72-11)57-35-52(42-75-60-38-49(22-15-3)39-61(77-44-78-67(71)74-16-4)64(60)53-26-21-23-46(7)33-53)30-32-55(57)47(8)27-28-48-29-31-54(45(5)6)56(34-48)66-59(70)37-51(25-20-18-14-2)41-63(66)79-68(9,10)73-12/h33-41,53-57,69-70H,5,8,13-32,42-44H2,1-4,6-7,9-12H3. The topological polar surface area (TPSA) is 131 Å². The summed E-state index contributed by atoms with van der Waals surface area (Å²) in [4.78, 5) is 12.2. The lowest BCUT2D eigenvalue weighted by Gasteiger charge is -2.35. The SMILES string of the molecule is C=C(C)C1CCC(CCC(=C)C2CCC(COc3cc(CCC)cc(OCOC(=O)OCC)c3C3C=C(C)CCC3)=CC2c2c(O)cc(CCCCC)cc2OCOC)=CC1c1c(O)cc(CCCCC)cc1OC(C)(C)OC. The number of carbonyl (C=O) groups is 1. The first-order valence-corrected chi connectivity index (χ1v) is 29.7. The van der Waals surface area contributed by atoms with E-state index in [9.17, 15) is 15.0 Å². The van der Waals surface area contributed by atoms with Crippen molar-refractivity contribution in [2.75, 3.05) is 41.0 Å². The molecular weight excluding hydrogens is 993 g/mol. The normalized spacial score (nSPS) is 19.4. The third-order valence-electron chi connectivity index (χ3n) is 16.2. The number of aryl methyl sites for hydroxylation is 3. The number of carbonyl (C=O) groups excluding carboxylic acids is 1. The van der Waals surface area contributed by atoms with Gasteiger partial charge in [-0.15, -0.1) is 0 Å². The molecule has 0 aromatic heterocycles. The maximum atomic E-state index is 12.2. The summed E-state index contributed by atoms with van der Waals surface area (Å²) in [7, 11) is 3.26. The van der Waals surface area contributed by atoms with Gasteiger partial charge in [-0.1, -0.05) is 107 Å². The Hall–Kier alpha value is -5.65. The molecule has 0 heterocycles. The highest BCUT2D eigenvalue weighted by Gasteiger charge is 2.36. The molecule has 11 heteroatoms. The van der Waals surface area contributed by atoms with Crippen molar-refractivity contribution in [2.45, 2.75) is 201 Å². The maximum absolute atomic E-state index is 12.2. The van der Waals surface area contributed by atoms with Crippen molar-refractivity contribution in [3.8, 4) is 34.5 Å². The zero-order chi connectivity index (χ0) is 57.1. The van der Waals surface area contributed by atoms with E-state index in [1.54, 1.807) is 21.1 Å². The highest BCUT2D eigenvalue weighted by Crippen LogP contribution is 2.51. The van der Waals surface area contributed by atoms with Crippen LogP contribution in [0.2, 0.25) is 0 Å². The van der Waals surface area contributed by atoms with Gasteiger partial charge >= 0.3 is 6.16 Å². The molecule has 0 fully saturated rings. The van der Waals surface area contributed by atoms with Crippen LogP contribution >= 0.6 is 0 Å². The summed E-state index contributed by atoms with van der Waals surface area (Å²) in [5.74, 6) is 1.92. The van der Waals surface area contributed by atoms with Crippen molar-refractivity contribution in [1.82, 2.24) is 0 Å². The highest BCUT2D eigenvalue weighted by atomic mass is 16.8. The molecule has 3 aliphatic rings. The van der Waals surface area contributed by atoms with Gasteiger partial charge in [-0.3, -0.25) is 0 Å². The Kier molecular flexibility index (Phi) is 24.4. The summed E-state index contributed by atoms with van der Waals surface area (Å²) in [6.45, 7) is 26.0. The molecule has 0 saturated heterocycles. The molecular formula is C68H96O11. The summed E-state index contributed by atoms with van der Waals surface area (Å²) in [6.07, 6.45) is 24.1. The van der Waals surface area contributed by atoms with Crippen molar-refractivity contribution in [2.24, 2.45) is 11.8 Å². The number of ether oxygens (including phenoxy) is 8. The summed E-state index contributed by atoms with van der Waals surface area (Å²) < 4.78 is 48.0. The van der Waals surface area contributed by atoms with Crippen LogP contribution in [-0.2, 0) is 38.2 Å². The molecule has 11 nitrogen and oxygen atoms in total. The van der Waals surface area contributed by atoms with Gasteiger partial charge in [0, 0.05) is 62.5 Å². The van der Waals surface area contributed by atoms with Gasteiger partial charge in [0.15, 0.2) is 6.79 Å². The van der Waals surface area contributed by atoms with Crippen molar-refractivity contribution in [3.05, 3.63) is 129 Å². The van der Waals surface area contributed by atoms with Crippen LogP contribution in [0.15, 0.2) is 95.6 Å². The molecule has 5 atom stereocenters. The van der Waals surface area contributed by atoms with E-state index >= 15 is 0 Å². The third kappa shape index (κ3) is 17.7. The monoisotopic (exact) mass is 1090 g/mol. The average Bonchev–Trinajstić information content (AvgIpc) is 3.46. The van der Waals surface area contributed by atoms with Gasteiger partial charge < -0.3 is 48.1 Å². The number of rotatable bonds is 31. The number of phenols is 2. The fraction of sp³-hybridized carbons (Fsp3) is 0.574. The molecule has 3 aromatic carbocycles. The Balaban J connectivity index is 1.36. The lowest BCUT2D eigenvalue weighted by molar-refractivity contribution is -0.134. The predicted molar refractivity (Wildman–Crippen MR) is 317 cm³/mol. The number of unbranched alkanes of at least 4 members (excludes halogenated alkanes) is 4. The predicted octanol–water partition coefficient (Wildman–Crippen LogP) is 17.5. The summed E-state index contributed by atoms with van der Waals surface area (Å²) in [5, 5.41) is 24.2. The molecule has 0 saturated carbocycles. The Bertz CT molecular complexity index is 2600. The molecule has 0 amide bonds. The molecule has 2 N–H and O–H groups in total. The van der Waals surface area contributed by atoms with E-state index in [4.69, 9.17) is 44.5 Å². The Morgan fingerprint density at radius 2 is 1.20 bits per heavy atom. The number of aromatic hydroxyl groups is 2. The highest BCUT2D eigenvalue weighted by molar-refractivity contribution is 5.60. The van der Waals surface area contributed by atoms with Gasteiger partial charge in [-0.2, -0.15) is 0 Å². The lowest BCUT2D eigenvalue weighted by Crippen LogP contribution is -2.31. The van der Waals surface area contributed by atoms with Crippen LogP contribution < -0.4 is 18.9 Å². The van der Waals surface area contributed by atoms with E-state index < -0.39 is 11.9 Å². The van der Waals surface area contributed by atoms with Crippen LogP contribution in [0.4, 0.5) is 4.79 Å². The van der Waals surface area contributed by atoms with Crippen LogP contribution in [0.1, 0.15) is 209 Å². The quantitative estimate of drug-likeness (QED) is 0.0276. The molecule has 3 aromatic rings. The Labute approximate surface area is 474 Å². The van der Waals surface area contributed by atoms with Crippen molar-refractivity contribution >= 4 is 6.16 Å². The van der Waals surface area contributed by atoms with Crippen molar-refractivity contribution in [3.63, 3.8) is 0 Å². The second kappa shape index (κ2) is 30.8. The average molecular weight is 1090 g/mol. The Morgan fingerprint density at radius 3 is 1.81 bits per heavy atom. The second-order valence-electron chi connectivity index (χ2n) is 22.9. The van der Waals surface area contributed by atoms with Crippen LogP contribution in [-0.4, -0.2) is 63.2 Å². The zero-order valence-corrected chi connectivity index (χ0v) is 49.8. The molecule has 0 bridgehead atoms. The van der Waals surface area contributed by atoms with E-state index in [1.807, 2.05) is 26.0 Å². The molecule has 434 valence electrons. The van der Waals surface area contributed by atoms with Gasteiger partial charge in [0.05, 0.1) is 6.61 Å². The molecule has 6 rings (SSSR count). The number of methoxy groups -OCH3 is 2. The van der Waals surface area contributed by atoms with Crippen molar-refractivity contribution in [1.29, 1.82) is 0 Å². The van der Waals surface area contributed by atoms with Gasteiger partial charge in [-0.05, 0) is 181 Å². The molecule has 5 unspecified atom stereocenters. The number of benzene rings is 3. The number of phenolic OH excluding ortho intramolecular Hbond substituents is 2. The van der Waals surface area contributed by atoms with Gasteiger partial charge in [0.1, 0.15) is 41.1 Å². The van der Waals surface area contributed by atoms with Crippen LogP contribution in [0.25, 0.3) is 0 Å². The van der Waals surface area contributed by atoms with Crippen LogP contribution in [0.5, 0.6) is 34.5 Å². The number of hydrogen-bond acceptors (Lipinski definition) is 11. The Morgan fingerprint density at radius 1 is 0.633 bits per heavy atom. The third-order valence-corrected chi connectivity index (χ3v) is 16.2. The van der Waals surface area contributed by atoms with Gasteiger partial charge in [0.25, 0.3) is 0 Å². The summed E-state index contributed by atoms with van der Waals surface area (Å²) in [6, 6.07) is 12.3. The van der Waals surface area contributed by atoms with Gasteiger partial charge in [0.2, 0.25) is 12.6 Å². The minimum atomic E-state index is -0.910. The minimum absolute atomic E-state index is 0.0209. The largest absolute Gasteiger partial charge is 0.511 e. The first-order valence-electron chi connectivity index (χ1n) is 29.7. The molecule has 79 heavy (non-hydrogen) atoms. The smallest absolute Gasteiger partial charge is 0.507 e. The fourth-order valence-electron chi connectivity index (χ4n) is 11.9. The van der Waals surface area contributed by atoms with Gasteiger partial charge in [-0.25, -0.2) is 4.79 Å². The lowest BCUT2D eigenvalue weighted by atomic mass is 9.70. The van der Waals surface area contributed by atoms with Crippen LogP contribution in [0.3, 0.4) is 0 Å². The van der Waals surface area contributed by atoms with Crippen molar-refractivity contribution < 1.29 is 52.9 Å².